The third kappa shape index (κ3) is 4.83. The van der Waals surface area contributed by atoms with E-state index in [9.17, 15) is 4.79 Å². The SMILES string of the molecule is CC[C@H](CO)NC(=O)/C=C/c1cccc(C)c1. The fourth-order valence-electron chi connectivity index (χ4n) is 1.47. The van der Waals surface area contributed by atoms with Gasteiger partial charge in [0.05, 0.1) is 12.6 Å². The van der Waals surface area contributed by atoms with E-state index in [1.165, 1.54) is 6.08 Å². The molecule has 3 nitrogen and oxygen atoms in total. The summed E-state index contributed by atoms with van der Waals surface area (Å²) in [4.78, 5) is 11.5. The summed E-state index contributed by atoms with van der Waals surface area (Å²) in [6, 6.07) is 7.75. The van der Waals surface area contributed by atoms with Gasteiger partial charge in [0.15, 0.2) is 0 Å². The molecule has 0 fully saturated rings. The average molecular weight is 233 g/mol. The molecule has 1 aromatic rings. The molecule has 0 unspecified atom stereocenters. The minimum Gasteiger partial charge on any atom is -0.394 e. The Morgan fingerprint density at radius 3 is 2.88 bits per heavy atom. The van der Waals surface area contributed by atoms with E-state index in [-0.39, 0.29) is 18.6 Å². The van der Waals surface area contributed by atoms with Crippen LogP contribution in [0.2, 0.25) is 0 Å². The number of carbonyl (C=O) groups excluding carboxylic acids is 1. The molecule has 0 aromatic heterocycles. The number of aliphatic hydroxyl groups excluding tert-OH is 1. The van der Waals surface area contributed by atoms with Crippen molar-refractivity contribution < 1.29 is 9.90 Å². The Hall–Kier alpha value is -1.61. The van der Waals surface area contributed by atoms with Gasteiger partial charge in [0, 0.05) is 6.08 Å². The van der Waals surface area contributed by atoms with Crippen LogP contribution in [-0.4, -0.2) is 23.7 Å². The lowest BCUT2D eigenvalue weighted by molar-refractivity contribution is -0.117. The van der Waals surface area contributed by atoms with E-state index in [2.05, 4.69) is 5.32 Å². The van der Waals surface area contributed by atoms with E-state index in [0.717, 1.165) is 17.5 Å². The summed E-state index contributed by atoms with van der Waals surface area (Å²) >= 11 is 0. The molecule has 1 atom stereocenters. The summed E-state index contributed by atoms with van der Waals surface area (Å²) in [5.74, 6) is -0.174. The Bertz CT molecular complexity index is 395. The first-order valence-electron chi connectivity index (χ1n) is 5.81. The van der Waals surface area contributed by atoms with Crippen LogP contribution in [0, 0.1) is 6.92 Å². The van der Waals surface area contributed by atoms with Gasteiger partial charge in [0.1, 0.15) is 0 Å². The molecule has 1 amide bonds. The van der Waals surface area contributed by atoms with Crippen LogP contribution in [0.15, 0.2) is 30.3 Å². The number of rotatable bonds is 5. The van der Waals surface area contributed by atoms with Gasteiger partial charge >= 0.3 is 0 Å². The fourth-order valence-corrected chi connectivity index (χ4v) is 1.47. The Labute approximate surface area is 102 Å². The Kier molecular flexibility index (Phi) is 5.43. The first-order valence-corrected chi connectivity index (χ1v) is 5.81. The lowest BCUT2D eigenvalue weighted by Gasteiger charge is -2.11. The minimum absolute atomic E-state index is 0.0273. The first-order chi connectivity index (χ1) is 8.15. The van der Waals surface area contributed by atoms with Gasteiger partial charge < -0.3 is 10.4 Å². The molecule has 0 spiro atoms. The molecule has 0 heterocycles. The largest absolute Gasteiger partial charge is 0.394 e. The van der Waals surface area contributed by atoms with E-state index in [4.69, 9.17) is 5.11 Å². The molecule has 0 bridgehead atoms. The maximum atomic E-state index is 11.5. The molecule has 3 heteroatoms. The number of amides is 1. The highest BCUT2D eigenvalue weighted by atomic mass is 16.3. The van der Waals surface area contributed by atoms with E-state index in [0.29, 0.717) is 0 Å². The van der Waals surface area contributed by atoms with Crippen LogP contribution < -0.4 is 5.32 Å². The van der Waals surface area contributed by atoms with E-state index in [1.54, 1.807) is 6.08 Å². The van der Waals surface area contributed by atoms with Crippen molar-refractivity contribution in [2.75, 3.05) is 6.61 Å². The number of aliphatic hydroxyl groups is 1. The molecule has 17 heavy (non-hydrogen) atoms. The highest BCUT2D eigenvalue weighted by molar-refractivity contribution is 5.91. The summed E-state index contributed by atoms with van der Waals surface area (Å²) in [7, 11) is 0. The lowest BCUT2D eigenvalue weighted by Crippen LogP contribution is -2.35. The number of aryl methyl sites for hydroxylation is 1. The fraction of sp³-hybridized carbons (Fsp3) is 0.357. The number of benzene rings is 1. The molecule has 0 radical (unpaired) electrons. The van der Waals surface area contributed by atoms with Crippen LogP contribution >= 0.6 is 0 Å². The zero-order chi connectivity index (χ0) is 12.7. The van der Waals surface area contributed by atoms with Crippen LogP contribution in [0.4, 0.5) is 0 Å². The predicted octanol–water partition coefficient (Wildman–Crippen LogP) is 1.90. The van der Waals surface area contributed by atoms with Crippen LogP contribution in [0.1, 0.15) is 24.5 Å². The molecule has 1 rings (SSSR count). The van der Waals surface area contributed by atoms with Gasteiger partial charge in [-0.2, -0.15) is 0 Å². The zero-order valence-electron chi connectivity index (χ0n) is 10.3. The Morgan fingerprint density at radius 1 is 1.53 bits per heavy atom. The molecule has 2 N–H and O–H groups in total. The maximum Gasteiger partial charge on any atom is 0.244 e. The highest BCUT2D eigenvalue weighted by Gasteiger charge is 2.05. The van der Waals surface area contributed by atoms with Crippen molar-refractivity contribution in [3.05, 3.63) is 41.5 Å². The summed E-state index contributed by atoms with van der Waals surface area (Å²) in [6.45, 7) is 3.91. The molecule has 0 aliphatic carbocycles. The van der Waals surface area contributed by atoms with Crippen molar-refractivity contribution >= 4 is 12.0 Å². The van der Waals surface area contributed by atoms with Crippen molar-refractivity contribution in [2.45, 2.75) is 26.3 Å². The van der Waals surface area contributed by atoms with Crippen LogP contribution in [-0.2, 0) is 4.79 Å². The Balaban J connectivity index is 2.56. The van der Waals surface area contributed by atoms with Gasteiger partial charge in [-0.05, 0) is 25.0 Å². The standard InChI is InChI=1S/C14H19NO2/c1-3-13(10-16)15-14(17)8-7-12-6-4-5-11(2)9-12/h4-9,13,16H,3,10H2,1-2H3,(H,15,17)/b8-7+/t13-/m1/s1. The van der Waals surface area contributed by atoms with Gasteiger partial charge in [-0.1, -0.05) is 36.8 Å². The van der Waals surface area contributed by atoms with Crippen LogP contribution in [0.25, 0.3) is 6.08 Å². The van der Waals surface area contributed by atoms with Crippen LogP contribution in [0.3, 0.4) is 0 Å². The van der Waals surface area contributed by atoms with Gasteiger partial charge in [-0.25, -0.2) is 0 Å². The average Bonchev–Trinajstić information content (AvgIpc) is 2.33. The highest BCUT2D eigenvalue weighted by Crippen LogP contribution is 2.05. The van der Waals surface area contributed by atoms with Gasteiger partial charge in [-0.3, -0.25) is 4.79 Å². The normalized spacial score (nSPS) is 12.6. The quantitative estimate of drug-likeness (QED) is 0.763. The van der Waals surface area contributed by atoms with Crippen molar-refractivity contribution in [1.82, 2.24) is 5.32 Å². The Morgan fingerprint density at radius 2 is 2.29 bits per heavy atom. The lowest BCUT2D eigenvalue weighted by atomic mass is 10.1. The second-order valence-electron chi connectivity index (χ2n) is 4.04. The minimum atomic E-state index is -0.174. The third-order valence-electron chi connectivity index (χ3n) is 2.53. The molecular weight excluding hydrogens is 214 g/mol. The topological polar surface area (TPSA) is 49.3 Å². The number of nitrogens with one attached hydrogen (secondary N) is 1. The second kappa shape index (κ2) is 6.86. The van der Waals surface area contributed by atoms with Crippen LogP contribution in [0.5, 0.6) is 0 Å². The van der Waals surface area contributed by atoms with Gasteiger partial charge in [-0.15, -0.1) is 0 Å². The molecule has 0 saturated heterocycles. The summed E-state index contributed by atoms with van der Waals surface area (Å²) in [5.41, 5.74) is 2.16. The zero-order valence-corrected chi connectivity index (χ0v) is 10.3. The molecule has 0 aliphatic heterocycles. The summed E-state index contributed by atoms with van der Waals surface area (Å²) < 4.78 is 0. The number of carbonyl (C=O) groups is 1. The van der Waals surface area contributed by atoms with Crippen molar-refractivity contribution in [3.63, 3.8) is 0 Å². The smallest absolute Gasteiger partial charge is 0.244 e. The molecular formula is C14H19NO2. The van der Waals surface area contributed by atoms with Gasteiger partial charge in [0.25, 0.3) is 0 Å². The molecule has 92 valence electrons. The van der Waals surface area contributed by atoms with Crippen molar-refractivity contribution in [3.8, 4) is 0 Å². The second-order valence-corrected chi connectivity index (χ2v) is 4.04. The third-order valence-corrected chi connectivity index (χ3v) is 2.53. The van der Waals surface area contributed by atoms with Gasteiger partial charge in [0.2, 0.25) is 5.91 Å². The monoisotopic (exact) mass is 233 g/mol. The molecule has 1 aromatic carbocycles. The van der Waals surface area contributed by atoms with E-state index >= 15 is 0 Å². The maximum absolute atomic E-state index is 11.5. The number of hydrogen-bond acceptors (Lipinski definition) is 2. The van der Waals surface area contributed by atoms with E-state index in [1.807, 2.05) is 38.1 Å². The predicted molar refractivity (Wildman–Crippen MR) is 69.5 cm³/mol. The molecule has 0 saturated carbocycles. The van der Waals surface area contributed by atoms with E-state index < -0.39 is 0 Å². The summed E-state index contributed by atoms with van der Waals surface area (Å²) in [6.07, 6.45) is 3.99. The first kappa shape index (κ1) is 13.5. The van der Waals surface area contributed by atoms with Crippen molar-refractivity contribution in [1.29, 1.82) is 0 Å². The molecule has 0 aliphatic rings. The summed E-state index contributed by atoms with van der Waals surface area (Å²) in [5, 5.41) is 11.7. The van der Waals surface area contributed by atoms with Crippen molar-refractivity contribution in [2.24, 2.45) is 0 Å². The number of hydrogen-bond donors (Lipinski definition) is 2.